The van der Waals surface area contributed by atoms with E-state index in [0.717, 1.165) is 37.6 Å². The predicted octanol–water partition coefficient (Wildman–Crippen LogP) is 2.19. The SMILES string of the molecule is CCN1CCCC1CNC(N)=NCc1ccc(N2CCCC2)nc1.I. The van der Waals surface area contributed by atoms with Crippen molar-refractivity contribution in [3.63, 3.8) is 0 Å². The van der Waals surface area contributed by atoms with Crippen LogP contribution in [0.25, 0.3) is 0 Å². The van der Waals surface area contributed by atoms with Crippen LogP contribution in [0.15, 0.2) is 23.3 Å². The second-order valence-corrected chi connectivity index (χ2v) is 6.73. The summed E-state index contributed by atoms with van der Waals surface area (Å²) < 4.78 is 0. The number of aromatic nitrogens is 1. The Balaban J connectivity index is 0.00000225. The van der Waals surface area contributed by atoms with Crippen molar-refractivity contribution in [1.29, 1.82) is 0 Å². The van der Waals surface area contributed by atoms with Gasteiger partial charge in [0.1, 0.15) is 5.82 Å². The van der Waals surface area contributed by atoms with Crippen molar-refractivity contribution in [1.82, 2.24) is 15.2 Å². The molecule has 1 unspecified atom stereocenters. The number of nitrogens with zero attached hydrogens (tertiary/aromatic N) is 4. The van der Waals surface area contributed by atoms with Crippen LogP contribution in [0.5, 0.6) is 0 Å². The number of likely N-dealkylation sites (N-methyl/N-ethyl adjacent to an activating group) is 1. The number of hydrogen-bond donors (Lipinski definition) is 2. The van der Waals surface area contributed by atoms with Crippen LogP contribution in [0, 0.1) is 0 Å². The first-order chi connectivity index (χ1) is 11.8. The monoisotopic (exact) mass is 458 g/mol. The smallest absolute Gasteiger partial charge is 0.188 e. The number of pyridine rings is 1. The lowest BCUT2D eigenvalue weighted by molar-refractivity contribution is 0.267. The number of nitrogens with two attached hydrogens (primary N) is 1. The Morgan fingerprint density at radius 3 is 2.76 bits per heavy atom. The molecule has 6 nitrogen and oxygen atoms in total. The van der Waals surface area contributed by atoms with Crippen LogP contribution < -0.4 is 16.0 Å². The maximum atomic E-state index is 6.01. The Morgan fingerprint density at radius 1 is 1.28 bits per heavy atom. The minimum atomic E-state index is 0. The van der Waals surface area contributed by atoms with Gasteiger partial charge in [0, 0.05) is 31.9 Å². The summed E-state index contributed by atoms with van der Waals surface area (Å²) in [5.41, 5.74) is 7.10. The quantitative estimate of drug-likeness (QED) is 0.389. The van der Waals surface area contributed by atoms with E-state index in [1.165, 1.54) is 32.2 Å². The number of hydrogen-bond acceptors (Lipinski definition) is 4. The summed E-state index contributed by atoms with van der Waals surface area (Å²) in [6.45, 7) is 8.24. The van der Waals surface area contributed by atoms with Crippen molar-refractivity contribution in [3.8, 4) is 0 Å². The van der Waals surface area contributed by atoms with Crippen molar-refractivity contribution in [2.75, 3.05) is 37.6 Å². The van der Waals surface area contributed by atoms with E-state index in [1.54, 1.807) is 0 Å². The fourth-order valence-corrected chi connectivity index (χ4v) is 3.64. The highest BCUT2D eigenvalue weighted by molar-refractivity contribution is 14.0. The first-order valence-electron chi connectivity index (χ1n) is 9.24. The van der Waals surface area contributed by atoms with E-state index >= 15 is 0 Å². The molecule has 25 heavy (non-hydrogen) atoms. The molecule has 1 aromatic heterocycles. The third kappa shape index (κ3) is 5.70. The molecule has 2 fully saturated rings. The lowest BCUT2D eigenvalue weighted by Gasteiger charge is -2.23. The number of likely N-dealkylation sites (tertiary alicyclic amines) is 1. The predicted molar refractivity (Wildman–Crippen MR) is 115 cm³/mol. The molecule has 2 saturated heterocycles. The zero-order valence-corrected chi connectivity index (χ0v) is 17.5. The summed E-state index contributed by atoms with van der Waals surface area (Å²) in [5.74, 6) is 1.61. The second-order valence-electron chi connectivity index (χ2n) is 6.73. The summed E-state index contributed by atoms with van der Waals surface area (Å²) in [6.07, 6.45) is 6.99. The molecule has 3 N–H and O–H groups in total. The van der Waals surface area contributed by atoms with Gasteiger partial charge in [-0.05, 0) is 50.4 Å². The lowest BCUT2D eigenvalue weighted by Crippen LogP contribution is -2.42. The Morgan fingerprint density at radius 2 is 2.08 bits per heavy atom. The molecule has 0 spiro atoms. The molecule has 0 saturated carbocycles. The average molecular weight is 458 g/mol. The minimum Gasteiger partial charge on any atom is -0.370 e. The van der Waals surface area contributed by atoms with Crippen LogP contribution in [0.2, 0.25) is 0 Å². The average Bonchev–Trinajstić information content (AvgIpc) is 3.29. The molecule has 0 aliphatic carbocycles. The first kappa shape index (κ1) is 20.2. The number of anilines is 1. The van der Waals surface area contributed by atoms with Gasteiger partial charge in [0.05, 0.1) is 6.54 Å². The molecule has 1 aromatic rings. The number of halogens is 1. The molecule has 140 valence electrons. The highest BCUT2D eigenvalue weighted by Crippen LogP contribution is 2.18. The van der Waals surface area contributed by atoms with Gasteiger partial charge in [0.15, 0.2) is 5.96 Å². The zero-order valence-electron chi connectivity index (χ0n) is 15.2. The number of aliphatic imine (C=N–C) groups is 1. The molecule has 3 heterocycles. The van der Waals surface area contributed by atoms with Gasteiger partial charge in [-0.3, -0.25) is 4.90 Å². The molecule has 0 radical (unpaired) electrons. The van der Waals surface area contributed by atoms with E-state index in [4.69, 9.17) is 5.73 Å². The zero-order chi connectivity index (χ0) is 16.8. The van der Waals surface area contributed by atoms with Crippen molar-refractivity contribution < 1.29 is 0 Å². The first-order valence-corrected chi connectivity index (χ1v) is 9.24. The molecular formula is C18H31IN6. The van der Waals surface area contributed by atoms with Crippen LogP contribution in [0.3, 0.4) is 0 Å². The van der Waals surface area contributed by atoms with Gasteiger partial charge in [0.2, 0.25) is 0 Å². The third-order valence-electron chi connectivity index (χ3n) is 5.10. The van der Waals surface area contributed by atoms with Crippen molar-refractivity contribution in [2.24, 2.45) is 10.7 Å². The van der Waals surface area contributed by atoms with Gasteiger partial charge in [-0.1, -0.05) is 13.0 Å². The van der Waals surface area contributed by atoms with Crippen LogP contribution in [-0.2, 0) is 6.54 Å². The van der Waals surface area contributed by atoms with Crippen LogP contribution in [0.1, 0.15) is 38.2 Å². The molecule has 0 amide bonds. The van der Waals surface area contributed by atoms with Crippen molar-refractivity contribution in [3.05, 3.63) is 23.9 Å². The van der Waals surface area contributed by atoms with Gasteiger partial charge < -0.3 is 16.0 Å². The van der Waals surface area contributed by atoms with Crippen LogP contribution in [0.4, 0.5) is 5.82 Å². The Labute approximate surface area is 168 Å². The second kappa shape index (κ2) is 10.2. The number of rotatable bonds is 6. The van der Waals surface area contributed by atoms with Gasteiger partial charge in [0.25, 0.3) is 0 Å². The Bertz CT molecular complexity index is 541. The minimum absolute atomic E-state index is 0. The van der Waals surface area contributed by atoms with Crippen LogP contribution in [-0.4, -0.2) is 54.6 Å². The summed E-state index contributed by atoms with van der Waals surface area (Å²) >= 11 is 0. The van der Waals surface area contributed by atoms with Gasteiger partial charge in [-0.2, -0.15) is 0 Å². The van der Waals surface area contributed by atoms with Gasteiger partial charge >= 0.3 is 0 Å². The van der Waals surface area contributed by atoms with Crippen molar-refractivity contribution in [2.45, 2.75) is 45.2 Å². The maximum absolute atomic E-state index is 6.01. The fourth-order valence-electron chi connectivity index (χ4n) is 3.64. The maximum Gasteiger partial charge on any atom is 0.188 e. The van der Waals surface area contributed by atoms with Gasteiger partial charge in [-0.25, -0.2) is 9.98 Å². The molecular weight excluding hydrogens is 427 g/mol. The Kier molecular flexibility index (Phi) is 8.21. The van der Waals surface area contributed by atoms with Gasteiger partial charge in [-0.15, -0.1) is 24.0 Å². The molecule has 3 rings (SSSR count). The topological polar surface area (TPSA) is 69.8 Å². The third-order valence-corrected chi connectivity index (χ3v) is 5.10. The van der Waals surface area contributed by atoms with Crippen LogP contribution >= 0.6 is 24.0 Å². The summed E-state index contributed by atoms with van der Waals surface area (Å²) in [7, 11) is 0. The molecule has 1 atom stereocenters. The summed E-state index contributed by atoms with van der Waals surface area (Å²) in [6, 6.07) is 4.79. The fraction of sp³-hybridized carbons (Fsp3) is 0.667. The molecule has 7 heteroatoms. The molecule has 0 aromatic carbocycles. The molecule has 2 aliphatic rings. The highest BCUT2D eigenvalue weighted by Gasteiger charge is 2.22. The highest BCUT2D eigenvalue weighted by atomic mass is 127. The number of nitrogens with one attached hydrogen (secondary N) is 1. The van der Waals surface area contributed by atoms with E-state index in [9.17, 15) is 0 Å². The summed E-state index contributed by atoms with van der Waals surface area (Å²) in [5, 5.41) is 3.27. The standard InChI is InChI=1S/C18H30N6.HI/c1-2-23-11-5-6-16(23)14-22-18(19)21-13-15-7-8-17(20-12-15)24-9-3-4-10-24;/h7-8,12,16H,2-6,9-11,13-14H2,1H3,(H3,19,21,22);1H. The molecule has 2 aliphatic heterocycles. The summed E-state index contributed by atoms with van der Waals surface area (Å²) in [4.78, 5) is 13.8. The number of guanidine groups is 1. The van der Waals surface area contributed by atoms with E-state index in [2.05, 4.69) is 44.1 Å². The van der Waals surface area contributed by atoms with E-state index in [1.807, 2.05) is 6.20 Å². The van der Waals surface area contributed by atoms with E-state index < -0.39 is 0 Å². The lowest BCUT2D eigenvalue weighted by atomic mass is 10.2. The van der Waals surface area contributed by atoms with Crippen molar-refractivity contribution >= 4 is 35.8 Å². The van der Waals surface area contributed by atoms with E-state index in [-0.39, 0.29) is 24.0 Å². The normalized spacial score (nSPS) is 21.4. The van der Waals surface area contributed by atoms with E-state index in [0.29, 0.717) is 18.5 Å². The largest absolute Gasteiger partial charge is 0.370 e. The molecule has 0 bridgehead atoms. The Hall–Kier alpha value is -1.09.